The van der Waals surface area contributed by atoms with Crippen LogP contribution in [0.4, 0.5) is 0 Å². The summed E-state index contributed by atoms with van der Waals surface area (Å²) in [5, 5.41) is 3.74. The minimum absolute atomic E-state index is 0.116. The molecule has 0 aliphatic carbocycles. The van der Waals surface area contributed by atoms with Crippen molar-refractivity contribution in [2.75, 3.05) is 19.8 Å². The van der Waals surface area contributed by atoms with Crippen molar-refractivity contribution in [3.05, 3.63) is 53.3 Å². The molecule has 0 bridgehead atoms. The molecule has 0 radical (unpaired) electrons. The van der Waals surface area contributed by atoms with Crippen LogP contribution >= 0.6 is 11.6 Å². The molecule has 0 atom stereocenters. The van der Waals surface area contributed by atoms with Crippen LogP contribution in [0.5, 0.6) is 0 Å². The van der Waals surface area contributed by atoms with Gasteiger partial charge in [-0.1, -0.05) is 29.8 Å². The zero-order chi connectivity index (χ0) is 19.2. The van der Waals surface area contributed by atoms with Crippen molar-refractivity contribution in [2.24, 2.45) is 5.73 Å². The first-order valence-corrected chi connectivity index (χ1v) is 9.28. The van der Waals surface area contributed by atoms with Crippen LogP contribution in [0.25, 0.3) is 22.2 Å². The predicted molar refractivity (Wildman–Crippen MR) is 108 cm³/mol. The minimum Gasteiger partial charge on any atom is -0.380 e. The summed E-state index contributed by atoms with van der Waals surface area (Å²) in [7, 11) is 0. The van der Waals surface area contributed by atoms with Crippen molar-refractivity contribution in [2.45, 2.75) is 20.0 Å². The Balaban J connectivity index is 1.95. The fourth-order valence-corrected chi connectivity index (χ4v) is 3.10. The molecule has 0 saturated heterocycles. The Hall–Kier alpha value is -2.41. The summed E-state index contributed by atoms with van der Waals surface area (Å²) in [6.07, 6.45) is 0. The molecular weight excluding hydrogens is 364 g/mol. The quantitative estimate of drug-likeness (QED) is 0.554. The van der Waals surface area contributed by atoms with Gasteiger partial charge in [-0.05, 0) is 42.3 Å². The van der Waals surface area contributed by atoms with Crippen molar-refractivity contribution >= 4 is 28.5 Å². The molecule has 0 spiro atoms. The molecular formula is C20H23ClN4O2. The Kier molecular flexibility index (Phi) is 6.45. The van der Waals surface area contributed by atoms with Crippen LogP contribution in [0, 0.1) is 0 Å². The van der Waals surface area contributed by atoms with E-state index in [1.165, 1.54) is 0 Å². The van der Waals surface area contributed by atoms with Gasteiger partial charge in [0.2, 0.25) is 5.91 Å². The van der Waals surface area contributed by atoms with Crippen LogP contribution in [-0.4, -0.2) is 35.2 Å². The second-order valence-corrected chi connectivity index (χ2v) is 6.59. The van der Waals surface area contributed by atoms with Crippen molar-refractivity contribution in [1.29, 1.82) is 0 Å². The van der Waals surface area contributed by atoms with E-state index in [4.69, 9.17) is 27.1 Å². The smallest absolute Gasteiger partial charge is 0.231 e. The summed E-state index contributed by atoms with van der Waals surface area (Å²) >= 11 is 6.00. The number of carbonyl (C=O) groups excluding carboxylic acids is 1. The maximum atomic E-state index is 11.0. The van der Waals surface area contributed by atoms with E-state index < -0.39 is 5.91 Å². The maximum Gasteiger partial charge on any atom is 0.231 e. The molecule has 3 N–H and O–H groups in total. The van der Waals surface area contributed by atoms with Gasteiger partial charge in [0, 0.05) is 18.2 Å². The van der Waals surface area contributed by atoms with E-state index in [-0.39, 0.29) is 6.54 Å². The van der Waals surface area contributed by atoms with Gasteiger partial charge in [0.1, 0.15) is 5.82 Å². The van der Waals surface area contributed by atoms with Gasteiger partial charge < -0.3 is 20.4 Å². The Morgan fingerprint density at radius 1 is 1.22 bits per heavy atom. The van der Waals surface area contributed by atoms with E-state index in [9.17, 15) is 4.79 Å². The van der Waals surface area contributed by atoms with E-state index >= 15 is 0 Å². The van der Waals surface area contributed by atoms with Gasteiger partial charge >= 0.3 is 0 Å². The lowest BCUT2D eigenvalue weighted by atomic mass is 10.1. The number of hydrogen-bond acceptors (Lipinski definition) is 4. The average Bonchev–Trinajstić information content (AvgIpc) is 2.99. The summed E-state index contributed by atoms with van der Waals surface area (Å²) in [6, 6.07) is 13.9. The average molecular weight is 387 g/mol. The standard InChI is InChI=1S/C20H23ClN4O2/c1-2-27-10-9-25-18-11-15(14-3-6-16(21)7-4-14)5-8-17(18)24-20(25)13-23-12-19(22)26/h3-8,11,23H,2,9-10,12-13H2,1H3,(H2,22,26). The van der Waals surface area contributed by atoms with Crippen molar-refractivity contribution < 1.29 is 9.53 Å². The Morgan fingerprint density at radius 3 is 2.67 bits per heavy atom. The topological polar surface area (TPSA) is 82.2 Å². The molecule has 0 saturated carbocycles. The first-order chi connectivity index (χ1) is 13.1. The predicted octanol–water partition coefficient (Wildman–Crippen LogP) is 2.97. The zero-order valence-corrected chi connectivity index (χ0v) is 16.0. The van der Waals surface area contributed by atoms with E-state index in [0.717, 1.165) is 28.0 Å². The molecule has 7 heteroatoms. The van der Waals surface area contributed by atoms with Crippen molar-refractivity contribution in [3.8, 4) is 11.1 Å². The SMILES string of the molecule is CCOCCn1c(CNCC(N)=O)nc2ccc(-c3ccc(Cl)cc3)cc21. The largest absolute Gasteiger partial charge is 0.380 e. The highest BCUT2D eigenvalue weighted by atomic mass is 35.5. The molecule has 3 aromatic rings. The number of nitrogens with zero attached hydrogens (tertiary/aromatic N) is 2. The maximum absolute atomic E-state index is 11.0. The lowest BCUT2D eigenvalue weighted by molar-refractivity contribution is -0.117. The van der Waals surface area contributed by atoms with Gasteiger partial charge in [-0.15, -0.1) is 0 Å². The molecule has 3 rings (SSSR count). The molecule has 1 amide bonds. The molecule has 0 unspecified atom stereocenters. The van der Waals surface area contributed by atoms with Gasteiger partial charge in [0.25, 0.3) is 0 Å². The molecule has 0 aliphatic heterocycles. The molecule has 1 heterocycles. The van der Waals surface area contributed by atoms with Crippen LogP contribution in [-0.2, 0) is 22.6 Å². The highest BCUT2D eigenvalue weighted by molar-refractivity contribution is 6.30. The summed E-state index contributed by atoms with van der Waals surface area (Å²) in [5.41, 5.74) is 9.31. The van der Waals surface area contributed by atoms with Crippen LogP contribution < -0.4 is 11.1 Å². The molecule has 0 fully saturated rings. The number of nitrogens with two attached hydrogens (primary N) is 1. The number of benzene rings is 2. The fraction of sp³-hybridized carbons (Fsp3) is 0.300. The fourth-order valence-electron chi connectivity index (χ4n) is 2.98. The van der Waals surface area contributed by atoms with E-state index in [0.29, 0.717) is 31.3 Å². The summed E-state index contributed by atoms with van der Waals surface area (Å²) in [5.74, 6) is 0.455. The number of rotatable bonds is 9. The number of imidazole rings is 1. The molecule has 0 aliphatic rings. The summed E-state index contributed by atoms with van der Waals surface area (Å²) in [4.78, 5) is 15.7. The monoisotopic (exact) mass is 386 g/mol. The minimum atomic E-state index is -0.392. The number of amides is 1. The Bertz CT molecular complexity index is 922. The van der Waals surface area contributed by atoms with Gasteiger partial charge in [-0.3, -0.25) is 4.79 Å². The first kappa shape index (κ1) is 19.4. The zero-order valence-electron chi connectivity index (χ0n) is 15.2. The number of ether oxygens (including phenoxy) is 1. The third kappa shape index (κ3) is 4.86. The Labute approximate surface area is 163 Å². The van der Waals surface area contributed by atoms with Crippen LogP contribution in [0.15, 0.2) is 42.5 Å². The number of aromatic nitrogens is 2. The highest BCUT2D eigenvalue weighted by Gasteiger charge is 2.12. The number of fused-ring (bicyclic) bond motifs is 1. The number of hydrogen-bond donors (Lipinski definition) is 2. The third-order valence-electron chi connectivity index (χ3n) is 4.25. The van der Waals surface area contributed by atoms with Gasteiger partial charge in [-0.25, -0.2) is 4.98 Å². The molecule has 27 heavy (non-hydrogen) atoms. The van der Waals surface area contributed by atoms with Gasteiger partial charge in [0.15, 0.2) is 0 Å². The number of nitrogens with one attached hydrogen (secondary N) is 1. The molecule has 2 aromatic carbocycles. The molecule has 142 valence electrons. The van der Waals surface area contributed by atoms with Crippen LogP contribution in [0.1, 0.15) is 12.7 Å². The number of halogens is 1. The second-order valence-electron chi connectivity index (χ2n) is 6.16. The first-order valence-electron chi connectivity index (χ1n) is 8.90. The van der Waals surface area contributed by atoms with Crippen LogP contribution in [0.2, 0.25) is 5.02 Å². The Morgan fingerprint density at radius 2 is 1.96 bits per heavy atom. The van der Waals surface area contributed by atoms with Crippen molar-refractivity contribution in [1.82, 2.24) is 14.9 Å². The van der Waals surface area contributed by atoms with Gasteiger partial charge in [0.05, 0.1) is 30.7 Å². The van der Waals surface area contributed by atoms with E-state index in [2.05, 4.69) is 16.0 Å². The summed E-state index contributed by atoms with van der Waals surface area (Å²) < 4.78 is 7.65. The molecule has 6 nitrogen and oxygen atoms in total. The number of carbonyl (C=O) groups is 1. The number of primary amides is 1. The van der Waals surface area contributed by atoms with E-state index in [1.807, 2.05) is 43.3 Å². The third-order valence-corrected chi connectivity index (χ3v) is 4.50. The van der Waals surface area contributed by atoms with Crippen LogP contribution in [0.3, 0.4) is 0 Å². The lowest BCUT2D eigenvalue weighted by Gasteiger charge is -2.10. The van der Waals surface area contributed by atoms with E-state index in [1.54, 1.807) is 0 Å². The van der Waals surface area contributed by atoms with Crippen molar-refractivity contribution in [3.63, 3.8) is 0 Å². The highest BCUT2D eigenvalue weighted by Crippen LogP contribution is 2.26. The second kappa shape index (κ2) is 8.99. The summed E-state index contributed by atoms with van der Waals surface area (Å²) in [6.45, 7) is 4.49. The van der Waals surface area contributed by atoms with Gasteiger partial charge in [-0.2, -0.15) is 0 Å². The lowest BCUT2D eigenvalue weighted by Crippen LogP contribution is -2.29. The normalized spacial score (nSPS) is 11.2. The molecule has 1 aromatic heterocycles.